The van der Waals surface area contributed by atoms with Crippen LogP contribution in [0.3, 0.4) is 0 Å². The number of benzene rings is 2. The normalized spacial score (nSPS) is 18.9. The van der Waals surface area contributed by atoms with Gasteiger partial charge in [0.2, 0.25) is 0 Å². The average molecular weight is 510 g/mol. The Morgan fingerprint density at radius 3 is 2.61 bits per heavy atom. The minimum Gasteiger partial charge on any atom is -0.442 e. The van der Waals surface area contributed by atoms with Gasteiger partial charge >= 0.3 is 12.5 Å². The second-order valence-corrected chi connectivity index (χ2v) is 8.48. The third-order valence-corrected chi connectivity index (χ3v) is 5.89. The lowest BCUT2D eigenvalue weighted by atomic mass is 10.2. The number of amides is 2. The van der Waals surface area contributed by atoms with Gasteiger partial charge in [0.25, 0.3) is 5.91 Å². The first-order chi connectivity index (χ1) is 17.2. The van der Waals surface area contributed by atoms with Gasteiger partial charge in [0.15, 0.2) is 11.6 Å². The fourth-order valence-corrected chi connectivity index (χ4v) is 4.19. The summed E-state index contributed by atoms with van der Waals surface area (Å²) in [6.45, 7) is 1.69. The molecular formula is C23H26F4N6O3. The molecule has 2 aromatic carbocycles. The summed E-state index contributed by atoms with van der Waals surface area (Å²) in [5.74, 6) is -3.20. The van der Waals surface area contributed by atoms with E-state index in [1.807, 2.05) is 28.5 Å². The number of rotatable bonds is 7. The molecule has 4 rings (SSSR count). The zero-order valence-electron chi connectivity index (χ0n) is 19.2. The molecule has 2 aromatic rings. The molecule has 0 aromatic heterocycles. The van der Waals surface area contributed by atoms with Crippen molar-refractivity contribution < 1.29 is 31.9 Å². The molecule has 2 saturated heterocycles. The number of hydrogen-bond donors (Lipinski definition) is 3. The molecule has 13 heteroatoms. The van der Waals surface area contributed by atoms with Crippen molar-refractivity contribution in [3.63, 3.8) is 0 Å². The molecule has 2 fully saturated rings. The molecule has 36 heavy (non-hydrogen) atoms. The van der Waals surface area contributed by atoms with Gasteiger partial charge < -0.3 is 20.7 Å². The number of ether oxygens (including phenoxy) is 1. The van der Waals surface area contributed by atoms with Gasteiger partial charge in [-0.2, -0.15) is 8.78 Å². The van der Waals surface area contributed by atoms with Crippen LogP contribution in [0, 0.1) is 11.6 Å². The first kappa shape index (κ1) is 25.5. The van der Waals surface area contributed by atoms with Crippen LogP contribution in [0.4, 0.5) is 39.4 Å². The van der Waals surface area contributed by atoms with Crippen LogP contribution in [0.2, 0.25) is 0 Å². The number of nitrogens with one attached hydrogen (secondary N) is 2. The van der Waals surface area contributed by atoms with Crippen LogP contribution < -0.4 is 26.3 Å². The summed E-state index contributed by atoms with van der Waals surface area (Å²) in [5.41, 5.74) is 10.4. The molecule has 2 aliphatic rings. The largest absolute Gasteiger partial charge is 0.442 e. The molecule has 0 aliphatic carbocycles. The van der Waals surface area contributed by atoms with E-state index in [2.05, 4.69) is 5.43 Å². The maximum atomic E-state index is 15.1. The summed E-state index contributed by atoms with van der Waals surface area (Å²) >= 11 is 0. The Hall–Kier alpha value is -3.58. The van der Waals surface area contributed by atoms with Gasteiger partial charge in [0, 0.05) is 50.5 Å². The summed E-state index contributed by atoms with van der Waals surface area (Å²) in [5, 5.41) is 3.91. The van der Waals surface area contributed by atoms with E-state index in [0.717, 1.165) is 22.6 Å². The quantitative estimate of drug-likeness (QED) is 0.387. The monoisotopic (exact) mass is 510 g/mol. The second-order valence-electron chi connectivity index (χ2n) is 8.48. The fraction of sp³-hybridized carbons (Fsp3) is 0.391. The molecule has 1 atom stereocenters. The van der Waals surface area contributed by atoms with Crippen LogP contribution in [0.15, 0.2) is 36.4 Å². The molecule has 0 unspecified atom stereocenters. The van der Waals surface area contributed by atoms with Crippen molar-refractivity contribution in [1.82, 2.24) is 15.8 Å². The highest BCUT2D eigenvalue weighted by Gasteiger charge is 2.34. The van der Waals surface area contributed by atoms with E-state index in [1.165, 1.54) is 0 Å². The van der Waals surface area contributed by atoms with Crippen molar-refractivity contribution in [1.29, 1.82) is 0 Å². The van der Waals surface area contributed by atoms with E-state index < -0.39 is 36.2 Å². The van der Waals surface area contributed by atoms with Gasteiger partial charge in [-0.25, -0.2) is 18.6 Å². The van der Waals surface area contributed by atoms with Gasteiger partial charge in [-0.05, 0) is 17.7 Å². The number of cyclic esters (lactones) is 1. The predicted molar refractivity (Wildman–Crippen MR) is 124 cm³/mol. The molecule has 4 N–H and O–H groups in total. The van der Waals surface area contributed by atoms with Gasteiger partial charge in [0.05, 0.1) is 18.8 Å². The summed E-state index contributed by atoms with van der Waals surface area (Å²) < 4.78 is 59.9. The molecule has 194 valence electrons. The highest BCUT2D eigenvalue weighted by atomic mass is 19.3. The van der Waals surface area contributed by atoms with Crippen molar-refractivity contribution in [3.8, 4) is 0 Å². The van der Waals surface area contributed by atoms with Crippen LogP contribution in [-0.2, 0) is 16.1 Å². The lowest BCUT2D eigenvalue weighted by Gasteiger charge is -2.25. The third kappa shape index (κ3) is 5.97. The number of alkyl halides is 2. The average Bonchev–Trinajstić information content (AvgIpc) is 3.04. The number of nitrogen functional groups attached to an aromatic ring is 1. The lowest BCUT2D eigenvalue weighted by molar-refractivity contribution is -0.132. The molecule has 2 heterocycles. The summed E-state index contributed by atoms with van der Waals surface area (Å²) in [7, 11) is 0. The minimum atomic E-state index is -3.20. The molecule has 0 bridgehead atoms. The number of anilines is 3. The van der Waals surface area contributed by atoms with Crippen molar-refractivity contribution in [2.24, 2.45) is 0 Å². The third-order valence-electron chi connectivity index (χ3n) is 5.89. The van der Waals surface area contributed by atoms with Crippen LogP contribution >= 0.6 is 0 Å². The molecule has 9 nitrogen and oxygen atoms in total. The Morgan fingerprint density at radius 1 is 1.17 bits per heavy atom. The van der Waals surface area contributed by atoms with E-state index in [4.69, 9.17) is 10.5 Å². The Kier molecular flexibility index (Phi) is 7.79. The fourth-order valence-electron chi connectivity index (χ4n) is 4.19. The van der Waals surface area contributed by atoms with E-state index in [9.17, 15) is 18.4 Å². The summed E-state index contributed by atoms with van der Waals surface area (Å²) in [6, 6.07) is 9.52. The molecule has 2 aliphatic heterocycles. The Morgan fingerprint density at radius 2 is 1.92 bits per heavy atom. The van der Waals surface area contributed by atoms with E-state index >= 15 is 8.78 Å². The Bertz CT molecular complexity index is 1100. The standard InChI is InChI=1S/C23H26F4N6O3/c24-18-9-16(33-13-17(36-23(33)35)11-29-22(34)21(26)27)10-19(25)20(18)31-5-4-30-32(7-6-31)12-14-2-1-3-15(28)8-14/h1-3,8-10,17,21,30H,4-7,11-13,28H2,(H,29,34)/t17-/m0/s1. The number of hydrogen-bond acceptors (Lipinski definition) is 7. The summed E-state index contributed by atoms with van der Waals surface area (Å²) in [4.78, 5) is 25.8. The van der Waals surface area contributed by atoms with Gasteiger partial charge in [0.1, 0.15) is 11.8 Å². The number of hydrazine groups is 1. The van der Waals surface area contributed by atoms with Gasteiger partial charge in [-0.15, -0.1) is 0 Å². The first-order valence-corrected chi connectivity index (χ1v) is 11.3. The zero-order chi connectivity index (χ0) is 25.8. The van der Waals surface area contributed by atoms with Crippen molar-refractivity contribution in [2.45, 2.75) is 19.1 Å². The number of carbonyl (C=O) groups excluding carboxylic acids is 2. The maximum absolute atomic E-state index is 15.1. The molecule has 0 spiro atoms. The topological polar surface area (TPSA) is 103 Å². The van der Waals surface area contributed by atoms with Crippen LogP contribution in [0.25, 0.3) is 0 Å². The van der Waals surface area contributed by atoms with Crippen molar-refractivity contribution in [2.75, 3.05) is 54.8 Å². The number of nitrogens with two attached hydrogens (primary N) is 1. The van der Waals surface area contributed by atoms with Crippen molar-refractivity contribution in [3.05, 3.63) is 53.6 Å². The highest BCUT2D eigenvalue weighted by Crippen LogP contribution is 2.31. The van der Waals surface area contributed by atoms with E-state index in [0.29, 0.717) is 38.4 Å². The number of carbonyl (C=O) groups is 2. The molecular weight excluding hydrogens is 484 g/mol. The van der Waals surface area contributed by atoms with E-state index in [-0.39, 0.29) is 24.5 Å². The Labute approximate surface area is 204 Å². The van der Waals surface area contributed by atoms with Crippen LogP contribution in [0.1, 0.15) is 5.56 Å². The maximum Gasteiger partial charge on any atom is 0.414 e. The number of nitrogens with zero attached hydrogens (tertiary/aromatic N) is 3. The number of halogens is 4. The highest BCUT2D eigenvalue weighted by molar-refractivity contribution is 5.90. The van der Waals surface area contributed by atoms with Gasteiger partial charge in [-0.1, -0.05) is 12.1 Å². The molecule has 0 saturated carbocycles. The van der Waals surface area contributed by atoms with E-state index in [1.54, 1.807) is 11.0 Å². The van der Waals surface area contributed by atoms with Crippen LogP contribution in [-0.4, -0.2) is 68.8 Å². The molecule has 2 amide bonds. The predicted octanol–water partition coefficient (Wildman–Crippen LogP) is 2.08. The van der Waals surface area contributed by atoms with Crippen LogP contribution in [0.5, 0.6) is 0 Å². The summed E-state index contributed by atoms with van der Waals surface area (Å²) in [6.07, 6.45) is -5.03. The lowest BCUT2D eigenvalue weighted by Crippen LogP contribution is -2.38. The van der Waals surface area contributed by atoms with Gasteiger partial charge in [-0.3, -0.25) is 15.1 Å². The first-order valence-electron chi connectivity index (χ1n) is 11.3. The smallest absolute Gasteiger partial charge is 0.414 e. The van der Waals surface area contributed by atoms with Crippen molar-refractivity contribution >= 4 is 29.1 Å². The molecule has 0 radical (unpaired) electrons. The second kappa shape index (κ2) is 11.0. The zero-order valence-corrected chi connectivity index (χ0v) is 19.2. The SMILES string of the molecule is Nc1cccc(CN2CCN(c3c(F)cc(N4C[C@H](CNC(=O)C(F)F)OC4=O)cc3F)CCN2)c1. The minimum absolute atomic E-state index is 0.0716. The Balaban J connectivity index is 1.40.